The van der Waals surface area contributed by atoms with Crippen molar-refractivity contribution in [3.8, 4) is 0 Å². The Morgan fingerprint density at radius 2 is 1.23 bits per heavy atom. The van der Waals surface area contributed by atoms with Crippen molar-refractivity contribution in [3.63, 3.8) is 0 Å². The maximum atomic E-state index is 12.7. The van der Waals surface area contributed by atoms with Crippen LogP contribution in [-0.2, 0) is 19.0 Å². The zero-order valence-electron chi connectivity index (χ0n) is 34.7. The molecule has 326 valence electrons. The van der Waals surface area contributed by atoms with Crippen LogP contribution in [0.5, 0.6) is 0 Å². The van der Waals surface area contributed by atoms with Crippen LogP contribution in [0.3, 0.4) is 0 Å². The molecule has 1 saturated heterocycles. The van der Waals surface area contributed by atoms with E-state index in [0.717, 1.165) is 18.4 Å². The second-order valence-corrected chi connectivity index (χ2v) is 15.9. The minimum absolute atomic E-state index is 0.0344. The second-order valence-electron chi connectivity index (χ2n) is 15.9. The lowest BCUT2D eigenvalue weighted by Crippen LogP contribution is -2.60. The predicted molar refractivity (Wildman–Crippen MR) is 208 cm³/mol. The summed E-state index contributed by atoms with van der Waals surface area (Å²) < 4.78 is 17.1. The van der Waals surface area contributed by atoms with Crippen LogP contribution in [0.4, 0.5) is 0 Å². The van der Waals surface area contributed by atoms with E-state index in [1.54, 1.807) is 33.8 Å². The average molecular weight is 805 g/mol. The fourth-order valence-electron chi connectivity index (χ4n) is 6.97. The van der Waals surface area contributed by atoms with Gasteiger partial charge in [-0.2, -0.15) is 0 Å². The molecule has 0 aromatic heterocycles. The number of carbonyl (C=O) groups is 1. The van der Waals surface area contributed by atoms with Crippen molar-refractivity contribution in [1.29, 1.82) is 0 Å². The number of esters is 1. The van der Waals surface area contributed by atoms with Gasteiger partial charge in [0.2, 0.25) is 0 Å². The zero-order valence-corrected chi connectivity index (χ0v) is 34.7. The maximum absolute atomic E-state index is 12.7. The van der Waals surface area contributed by atoms with Gasteiger partial charge in [-0.05, 0) is 62.7 Å². The largest absolute Gasteiger partial charge is 0.454 e. The summed E-state index contributed by atoms with van der Waals surface area (Å²) in [6, 6.07) is 0. The molecule has 15 heteroatoms. The first kappa shape index (κ1) is 51.9. The molecule has 0 unspecified atom stereocenters. The van der Waals surface area contributed by atoms with Gasteiger partial charge in [0.15, 0.2) is 12.4 Å². The number of rotatable bonds is 23. The highest BCUT2D eigenvalue weighted by Gasteiger charge is 2.45. The quantitative estimate of drug-likeness (QED) is 0.0385. The third kappa shape index (κ3) is 15.3. The van der Waals surface area contributed by atoms with E-state index in [-0.39, 0.29) is 11.5 Å². The molecule has 0 aromatic carbocycles. The van der Waals surface area contributed by atoms with Crippen LogP contribution in [0, 0.1) is 29.6 Å². The van der Waals surface area contributed by atoms with Crippen molar-refractivity contribution in [3.05, 3.63) is 46.6 Å². The van der Waals surface area contributed by atoms with Crippen LogP contribution in [-0.4, -0.2) is 155 Å². The van der Waals surface area contributed by atoms with Crippen molar-refractivity contribution in [1.82, 2.24) is 0 Å². The molecule has 11 N–H and O–H groups in total. The first-order valence-electron chi connectivity index (χ1n) is 19.6. The van der Waals surface area contributed by atoms with Crippen LogP contribution in [0.15, 0.2) is 46.6 Å². The van der Waals surface area contributed by atoms with E-state index >= 15 is 0 Å². The number of ether oxygens (including phenoxy) is 3. The SMILES string of the molecule is CC[C@H](C)C[C@H](C)/C=C(\C)[C@@H](O[C@@H]1O[C@H](CO)[C@@H](O)[C@H](O)[C@@H]1O)[C@@H](C)/C=C(\C)[C@@H](O)[C@@H](C)/C=C(\C)[C@@H](O)[C@@H](C)/C=C(\C)C(=O)O[C@H](CO)[C@@H](O)[C@H](O)[C@H](O)CO. The molecule has 0 aromatic rings. The molecule has 17 atom stereocenters. The maximum Gasteiger partial charge on any atom is 0.333 e. The second kappa shape index (κ2) is 24.7. The van der Waals surface area contributed by atoms with E-state index in [1.165, 1.54) is 13.0 Å². The van der Waals surface area contributed by atoms with E-state index in [2.05, 4.69) is 26.8 Å². The van der Waals surface area contributed by atoms with E-state index in [9.17, 15) is 55.9 Å². The Balaban J connectivity index is 3.23. The van der Waals surface area contributed by atoms with Crippen molar-refractivity contribution in [2.75, 3.05) is 19.8 Å². The number of allylic oxidation sites excluding steroid dienone is 1. The lowest BCUT2D eigenvalue weighted by Gasteiger charge is -2.41. The molecule has 0 spiro atoms. The number of aliphatic hydroxyl groups excluding tert-OH is 11. The average Bonchev–Trinajstić information content (AvgIpc) is 3.16. The molecule has 1 rings (SSSR count). The lowest BCUT2D eigenvalue weighted by molar-refractivity contribution is -0.310. The molecule has 0 saturated carbocycles. The van der Waals surface area contributed by atoms with Gasteiger partial charge >= 0.3 is 5.97 Å². The number of hydrogen-bond donors (Lipinski definition) is 11. The molecule has 1 aliphatic rings. The lowest BCUT2D eigenvalue weighted by atomic mass is 9.87. The van der Waals surface area contributed by atoms with E-state index in [4.69, 9.17) is 19.3 Å². The fraction of sp³-hybridized carbons (Fsp3) is 0.780. The standard InChI is InChI=1S/C41H72O15/c1-11-20(2)12-21(3)13-26(8)39(56-41-38(52)37(51)36(50)31(19-44)55-41)27(9)15-24(6)32(46)22(4)14-23(5)33(47)25(7)16-28(10)40(53)54-30(18-43)35(49)34(48)29(45)17-42/h13-16,20-22,25,27,29-39,41-52H,11-12,17-19H2,1-10H3/b23-14+,24-15+,26-13+,28-16+/t20-,21-,22-,25-,27-,29+,30+,31+,32-,33+,34+,35+,36+,37-,38-,39+,41-/m0/s1. The summed E-state index contributed by atoms with van der Waals surface area (Å²) in [7, 11) is 0. The molecule has 0 aliphatic carbocycles. The van der Waals surface area contributed by atoms with Gasteiger partial charge in [0, 0.05) is 23.3 Å². The van der Waals surface area contributed by atoms with E-state index in [1.807, 2.05) is 19.9 Å². The third-order valence-corrected chi connectivity index (χ3v) is 10.6. The molecular weight excluding hydrogens is 732 g/mol. The number of hydrogen-bond acceptors (Lipinski definition) is 15. The van der Waals surface area contributed by atoms with Crippen LogP contribution < -0.4 is 0 Å². The van der Waals surface area contributed by atoms with Crippen molar-refractivity contribution in [2.24, 2.45) is 29.6 Å². The molecule has 1 heterocycles. The van der Waals surface area contributed by atoms with E-state index in [0.29, 0.717) is 17.1 Å². The Hall–Kier alpha value is -2.09. The van der Waals surface area contributed by atoms with Crippen LogP contribution in [0.1, 0.15) is 82.1 Å². The molecule has 15 nitrogen and oxygen atoms in total. The van der Waals surface area contributed by atoms with Gasteiger partial charge in [-0.3, -0.25) is 0 Å². The Morgan fingerprint density at radius 1 is 0.696 bits per heavy atom. The Labute approximate surface area is 332 Å². The van der Waals surface area contributed by atoms with Crippen LogP contribution in [0.25, 0.3) is 0 Å². The highest BCUT2D eigenvalue weighted by atomic mass is 16.7. The van der Waals surface area contributed by atoms with Gasteiger partial charge in [0.25, 0.3) is 0 Å². The predicted octanol–water partition coefficient (Wildman–Crippen LogP) is 0.638. The topological polar surface area (TPSA) is 267 Å². The smallest absolute Gasteiger partial charge is 0.333 e. The van der Waals surface area contributed by atoms with Gasteiger partial charge < -0.3 is 70.4 Å². The Morgan fingerprint density at radius 3 is 1.73 bits per heavy atom. The van der Waals surface area contributed by atoms with Gasteiger partial charge in [-0.1, -0.05) is 72.3 Å². The molecule has 0 bridgehead atoms. The summed E-state index contributed by atoms with van der Waals surface area (Å²) in [5.41, 5.74) is 1.96. The summed E-state index contributed by atoms with van der Waals surface area (Å²) in [4.78, 5) is 12.7. The molecular formula is C41H72O15. The van der Waals surface area contributed by atoms with E-state index < -0.39 is 117 Å². The van der Waals surface area contributed by atoms with Gasteiger partial charge in [0.1, 0.15) is 42.7 Å². The Kier molecular flexibility index (Phi) is 22.9. The summed E-state index contributed by atoms with van der Waals surface area (Å²) in [6.45, 7) is 16.1. The molecule has 0 amide bonds. The normalized spacial score (nSPS) is 28.3. The first-order valence-corrected chi connectivity index (χ1v) is 19.6. The summed E-state index contributed by atoms with van der Waals surface area (Å²) >= 11 is 0. The van der Waals surface area contributed by atoms with Crippen molar-refractivity contribution < 1.29 is 75.2 Å². The first-order chi connectivity index (χ1) is 26.1. The minimum atomic E-state index is -1.89. The van der Waals surface area contributed by atoms with Crippen molar-refractivity contribution in [2.45, 2.75) is 156 Å². The summed E-state index contributed by atoms with van der Waals surface area (Å²) in [5.74, 6) is -1.77. The zero-order chi connectivity index (χ0) is 43.2. The van der Waals surface area contributed by atoms with Gasteiger partial charge in [-0.15, -0.1) is 0 Å². The van der Waals surface area contributed by atoms with Crippen molar-refractivity contribution >= 4 is 5.97 Å². The van der Waals surface area contributed by atoms with Gasteiger partial charge in [0.05, 0.1) is 38.1 Å². The van der Waals surface area contributed by atoms with Crippen LogP contribution in [0.2, 0.25) is 0 Å². The summed E-state index contributed by atoms with van der Waals surface area (Å²) in [6.07, 6.45) is -8.06. The molecule has 1 fully saturated rings. The molecule has 0 radical (unpaired) electrons. The Bertz CT molecular complexity index is 1300. The summed E-state index contributed by atoms with van der Waals surface area (Å²) in [5, 5.41) is 112. The fourth-order valence-corrected chi connectivity index (χ4v) is 6.97. The molecule has 56 heavy (non-hydrogen) atoms. The molecule has 1 aliphatic heterocycles. The van der Waals surface area contributed by atoms with Crippen LogP contribution >= 0.6 is 0 Å². The minimum Gasteiger partial charge on any atom is -0.454 e. The highest BCUT2D eigenvalue weighted by Crippen LogP contribution is 2.30. The monoisotopic (exact) mass is 804 g/mol. The van der Waals surface area contributed by atoms with Gasteiger partial charge in [-0.25, -0.2) is 4.79 Å². The number of aliphatic hydroxyl groups is 11. The highest BCUT2D eigenvalue weighted by molar-refractivity contribution is 5.88. The number of carbonyl (C=O) groups excluding carboxylic acids is 1. The third-order valence-electron chi connectivity index (χ3n) is 10.6.